The second-order valence-electron chi connectivity index (χ2n) is 5.61. The van der Waals surface area contributed by atoms with E-state index < -0.39 is 0 Å². The number of fused-ring (bicyclic) bond motifs is 1. The van der Waals surface area contributed by atoms with Crippen LogP contribution in [0.1, 0.15) is 19.4 Å². The maximum absolute atomic E-state index is 6.26. The molecular formula is C17H27ClIN3O3. The molecule has 8 heteroatoms. The third-order valence-corrected chi connectivity index (χ3v) is 3.75. The van der Waals surface area contributed by atoms with E-state index in [1.165, 1.54) is 0 Å². The number of ether oxygens (including phenoxy) is 3. The second kappa shape index (κ2) is 11.6. The number of rotatable bonds is 7. The predicted molar refractivity (Wildman–Crippen MR) is 112 cm³/mol. The topological polar surface area (TPSA) is 64.1 Å². The molecule has 1 aliphatic rings. The van der Waals surface area contributed by atoms with Gasteiger partial charge in [0.25, 0.3) is 0 Å². The molecule has 0 bridgehead atoms. The fourth-order valence-electron chi connectivity index (χ4n) is 2.45. The van der Waals surface area contributed by atoms with E-state index in [2.05, 4.69) is 22.5 Å². The van der Waals surface area contributed by atoms with Crippen molar-refractivity contribution in [3.8, 4) is 11.5 Å². The Labute approximate surface area is 171 Å². The first-order valence-corrected chi connectivity index (χ1v) is 8.63. The molecule has 0 radical (unpaired) electrons. The molecule has 2 rings (SSSR count). The number of nitrogens with zero attached hydrogens (tertiary/aromatic N) is 1. The van der Waals surface area contributed by atoms with Crippen molar-refractivity contribution in [2.75, 3.05) is 40.0 Å². The van der Waals surface area contributed by atoms with Crippen LogP contribution < -0.4 is 20.1 Å². The minimum Gasteiger partial charge on any atom is -0.486 e. The molecule has 1 aromatic carbocycles. The molecule has 0 aliphatic carbocycles. The highest BCUT2D eigenvalue weighted by atomic mass is 127. The fourth-order valence-corrected chi connectivity index (χ4v) is 2.74. The van der Waals surface area contributed by atoms with Gasteiger partial charge in [-0.2, -0.15) is 0 Å². The average molecular weight is 484 g/mol. The molecule has 1 heterocycles. The number of methoxy groups -OCH3 is 1. The number of hydrogen-bond donors (Lipinski definition) is 2. The van der Waals surface area contributed by atoms with Crippen LogP contribution in [0.25, 0.3) is 0 Å². The highest BCUT2D eigenvalue weighted by Crippen LogP contribution is 2.38. The van der Waals surface area contributed by atoms with Crippen molar-refractivity contribution < 1.29 is 14.2 Å². The summed E-state index contributed by atoms with van der Waals surface area (Å²) in [7, 11) is 1.69. The fraction of sp³-hybridized carbons (Fsp3) is 0.588. The third kappa shape index (κ3) is 7.07. The zero-order valence-electron chi connectivity index (χ0n) is 14.9. The minimum atomic E-state index is 0. The zero-order valence-corrected chi connectivity index (χ0v) is 18.0. The van der Waals surface area contributed by atoms with Crippen molar-refractivity contribution >= 4 is 41.5 Å². The standard InChI is InChI=1S/C17H26ClN3O3.HI/c1-4-19-17(21-12(2)11-22-3)20-6-5-13-9-14(18)16-15(10-13)23-7-8-24-16;/h9-10,12H,4-8,11H2,1-3H3,(H2,19,20,21);1H. The first-order chi connectivity index (χ1) is 11.6. The van der Waals surface area contributed by atoms with E-state index in [1.807, 2.05) is 19.1 Å². The van der Waals surface area contributed by atoms with Gasteiger partial charge in [-0.25, -0.2) is 0 Å². The maximum Gasteiger partial charge on any atom is 0.191 e. The van der Waals surface area contributed by atoms with Crippen molar-refractivity contribution in [1.82, 2.24) is 10.6 Å². The number of hydrogen-bond acceptors (Lipinski definition) is 4. The van der Waals surface area contributed by atoms with Crippen LogP contribution in [0.2, 0.25) is 5.02 Å². The Bertz CT molecular complexity index is 572. The predicted octanol–water partition coefficient (Wildman–Crippen LogP) is 2.86. The summed E-state index contributed by atoms with van der Waals surface area (Å²) in [6.07, 6.45) is 0.769. The van der Waals surface area contributed by atoms with Gasteiger partial charge in [0, 0.05) is 26.2 Å². The van der Waals surface area contributed by atoms with E-state index in [1.54, 1.807) is 7.11 Å². The van der Waals surface area contributed by atoms with Gasteiger partial charge in [-0.05, 0) is 38.0 Å². The van der Waals surface area contributed by atoms with Gasteiger partial charge in [0.05, 0.1) is 11.6 Å². The highest BCUT2D eigenvalue weighted by Gasteiger charge is 2.16. The molecule has 0 fully saturated rings. The van der Waals surface area contributed by atoms with Crippen LogP contribution in [0.4, 0.5) is 0 Å². The Morgan fingerprint density at radius 3 is 2.84 bits per heavy atom. The molecule has 1 aliphatic heterocycles. The summed E-state index contributed by atoms with van der Waals surface area (Å²) in [6.45, 7) is 7.26. The van der Waals surface area contributed by atoms with E-state index in [9.17, 15) is 0 Å². The van der Waals surface area contributed by atoms with Crippen molar-refractivity contribution in [2.45, 2.75) is 26.3 Å². The molecule has 0 saturated heterocycles. The SMILES string of the molecule is CCNC(=NCCc1cc(Cl)c2c(c1)OCCO2)NC(C)COC.I. The van der Waals surface area contributed by atoms with Crippen LogP contribution in [0.3, 0.4) is 0 Å². The summed E-state index contributed by atoms with van der Waals surface area (Å²) in [5, 5.41) is 7.13. The van der Waals surface area contributed by atoms with E-state index in [4.69, 9.17) is 25.8 Å². The third-order valence-electron chi connectivity index (χ3n) is 3.47. The molecular weight excluding hydrogens is 457 g/mol. The summed E-state index contributed by atoms with van der Waals surface area (Å²) in [5.74, 6) is 2.13. The van der Waals surface area contributed by atoms with E-state index >= 15 is 0 Å². The van der Waals surface area contributed by atoms with Crippen LogP contribution >= 0.6 is 35.6 Å². The maximum atomic E-state index is 6.26. The lowest BCUT2D eigenvalue weighted by Gasteiger charge is -2.20. The summed E-state index contributed by atoms with van der Waals surface area (Å²) in [6, 6.07) is 4.08. The Kier molecular flexibility index (Phi) is 10.3. The largest absolute Gasteiger partial charge is 0.486 e. The smallest absolute Gasteiger partial charge is 0.191 e. The highest BCUT2D eigenvalue weighted by molar-refractivity contribution is 14.0. The number of guanidine groups is 1. The quantitative estimate of drug-likeness (QED) is 0.355. The van der Waals surface area contributed by atoms with Crippen LogP contribution in [-0.2, 0) is 11.2 Å². The van der Waals surface area contributed by atoms with Crippen LogP contribution in [-0.4, -0.2) is 52.0 Å². The number of nitrogens with one attached hydrogen (secondary N) is 2. The number of halogens is 2. The molecule has 1 aromatic rings. The summed E-state index contributed by atoms with van der Waals surface area (Å²) >= 11 is 6.26. The van der Waals surface area contributed by atoms with Crippen molar-refractivity contribution in [2.24, 2.45) is 4.99 Å². The van der Waals surface area contributed by atoms with Gasteiger partial charge in [-0.15, -0.1) is 24.0 Å². The van der Waals surface area contributed by atoms with Crippen LogP contribution in [0.5, 0.6) is 11.5 Å². The molecule has 25 heavy (non-hydrogen) atoms. The van der Waals surface area contributed by atoms with E-state index in [-0.39, 0.29) is 30.0 Å². The Morgan fingerprint density at radius 1 is 1.36 bits per heavy atom. The Hall–Kier alpha value is -0.930. The molecule has 0 amide bonds. The van der Waals surface area contributed by atoms with E-state index in [0.717, 1.165) is 24.5 Å². The number of benzene rings is 1. The van der Waals surface area contributed by atoms with Gasteiger partial charge in [-0.1, -0.05) is 11.6 Å². The Morgan fingerprint density at radius 2 is 2.12 bits per heavy atom. The zero-order chi connectivity index (χ0) is 17.4. The van der Waals surface area contributed by atoms with Crippen molar-refractivity contribution in [3.63, 3.8) is 0 Å². The van der Waals surface area contributed by atoms with Gasteiger partial charge in [0.2, 0.25) is 0 Å². The molecule has 0 spiro atoms. The molecule has 0 aromatic heterocycles. The van der Waals surface area contributed by atoms with Crippen molar-refractivity contribution in [3.05, 3.63) is 22.7 Å². The minimum absolute atomic E-state index is 0. The van der Waals surface area contributed by atoms with Gasteiger partial charge < -0.3 is 24.8 Å². The van der Waals surface area contributed by atoms with Crippen LogP contribution in [0.15, 0.2) is 17.1 Å². The van der Waals surface area contributed by atoms with Crippen LogP contribution in [0, 0.1) is 0 Å². The normalized spacial score (nSPS) is 14.5. The summed E-state index contributed by atoms with van der Waals surface area (Å²) in [5.41, 5.74) is 1.08. The van der Waals surface area contributed by atoms with Gasteiger partial charge in [-0.3, -0.25) is 4.99 Å². The first-order valence-electron chi connectivity index (χ1n) is 8.25. The van der Waals surface area contributed by atoms with Gasteiger partial charge in [0.1, 0.15) is 13.2 Å². The molecule has 1 atom stereocenters. The monoisotopic (exact) mass is 483 g/mol. The molecule has 1 unspecified atom stereocenters. The van der Waals surface area contributed by atoms with Gasteiger partial charge >= 0.3 is 0 Å². The van der Waals surface area contributed by atoms with Gasteiger partial charge in [0.15, 0.2) is 17.5 Å². The van der Waals surface area contributed by atoms with Crippen molar-refractivity contribution in [1.29, 1.82) is 0 Å². The Balaban J connectivity index is 0.00000312. The lowest BCUT2D eigenvalue weighted by Crippen LogP contribution is -2.44. The lowest BCUT2D eigenvalue weighted by atomic mass is 10.1. The molecule has 142 valence electrons. The average Bonchev–Trinajstić information content (AvgIpc) is 2.55. The molecule has 0 saturated carbocycles. The second-order valence-corrected chi connectivity index (χ2v) is 6.02. The lowest BCUT2D eigenvalue weighted by molar-refractivity contribution is 0.171. The molecule has 6 nitrogen and oxygen atoms in total. The summed E-state index contributed by atoms with van der Waals surface area (Å²) in [4.78, 5) is 4.60. The first kappa shape index (κ1) is 22.1. The molecule has 2 N–H and O–H groups in total. The number of aliphatic imine (C=N–C) groups is 1. The van der Waals surface area contributed by atoms with E-state index in [0.29, 0.717) is 42.9 Å². The summed E-state index contributed by atoms with van der Waals surface area (Å²) < 4.78 is 16.3.